The Labute approximate surface area is 81.8 Å². The number of imidazole rings is 1. The van der Waals surface area contributed by atoms with E-state index in [0.29, 0.717) is 10.7 Å². The van der Waals surface area contributed by atoms with Crippen molar-refractivity contribution in [1.82, 2.24) is 9.55 Å². The molecule has 0 saturated carbocycles. The van der Waals surface area contributed by atoms with Crippen LogP contribution in [0.3, 0.4) is 0 Å². The Morgan fingerprint density at radius 1 is 1.77 bits per heavy atom. The number of rotatable bonds is 3. The molecular weight excluding hydrogens is 186 g/mol. The average Bonchev–Trinajstić information content (AvgIpc) is 2.32. The molecule has 0 atom stereocenters. The Kier molecular flexibility index (Phi) is 2.87. The van der Waals surface area contributed by atoms with E-state index < -0.39 is 0 Å². The van der Waals surface area contributed by atoms with E-state index in [1.165, 1.54) is 0 Å². The lowest BCUT2D eigenvalue weighted by Gasteiger charge is -2.08. The third-order valence-corrected chi connectivity index (χ3v) is 2.14. The number of aromatic amines is 1. The SMILES string of the molecule is CC(C)c1c[nH]c(=S)n1CC(N)=O. The molecule has 0 aliphatic rings. The van der Waals surface area contributed by atoms with E-state index in [1.807, 2.05) is 20.0 Å². The second-order valence-corrected chi connectivity index (χ2v) is 3.61. The second-order valence-electron chi connectivity index (χ2n) is 3.23. The zero-order valence-corrected chi connectivity index (χ0v) is 8.52. The fourth-order valence-corrected chi connectivity index (χ4v) is 1.43. The summed E-state index contributed by atoms with van der Waals surface area (Å²) >= 11 is 5.01. The van der Waals surface area contributed by atoms with Crippen LogP contribution in [-0.2, 0) is 11.3 Å². The van der Waals surface area contributed by atoms with Gasteiger partial charge in [-0.1, -0.05) is 13.8 Å². The quantitative estimate of drug-likeness (QED) is 0.717. The highest BCUT2D eigenvalue weighted by molar-refractivity contribution is 7.71. The van der Waals surface area contributed by atoms with Crippen molar-refractivity contribution in [3.63, 3.8) is 0 Å². The van der Waals surface area contributed by atoms with Crippen LogP contribution in [0.5, 0.6) is 0 Å². The maximum Gasteiger partial charge on any atom is 0.237 e. The normalized spacial score (nSPS) is 10.7. The van der Waals surface area contributed by atoms with Gasteiger partial charge in [-0.15, -0.1) is 0 Å². The van der Waals surface area contributed by atoms with Gasteiger partial charge in [-0.3, -0.25) is 4.79 Å². The molecule has 0 radical (unpaired) electrons. The van der Waals surface area contributed by atoms with E-state index in [0.717, 1.165) is 5.69 Å². The average molecular weight is 199 g/mol. The third kappa shape index (κ3) is 2.18. The maximum absolute atomic E-state index is 10.7. The summed E-state index contributed by atoms with van der Waals surface area (Å²) in [4.78, 5) is 13.6. The zero-order chi connectivity index (χ0) is 10.0. The molecule has 0 aliphatic heterocycles. The first-order valence-electron chi connectivity index (χ1n) is 4.08. The first-order chi connectivity index (χ1) is 6.02. The highest BCUT2D eigenvalue weighted by Crippen LogP contribution is 2.13. The van der Waals surface area contributed by atoms with Gasteiger partial charge in [-0.25, -0.2) is 0 Å². The first kappa shape index (κ1) is 9.98. The van der Waals surface area contributed by atoms with Crippen molar-refractivity contribution < 1.29 is 4.79 Å². The van der Waals surface area contributed by atoms with Crippen molar-refractivity contribution in [2.24, 2.45) is 5.73 Å². The van der Waals surface area contributed by atoms with Crippen LogP contribution in [0.2, 0.25) is 0 Å². The molecule has 1 aromatic rings. The predicted molar refractivity (Wildman–Crippen MR) is 52.9 cm³/mol. The molecule has 1 heterocycles. The minimum Gasteiger partial charge on any atom is -0.368 e. The number of H-pyrrole nitrogens is 1. The van der Waals surface area contributed by atoms with Crippen LogP contribution in [0.15, 0.2) is 6.20 Å². The van der Waals surface area contributed by atoms with Gasteiger partial charge in [0.1, 0.15) is 6.54 Å². The minimum atomic E-state index is -0.377. The van der Waals surface area contributed by atoms with Gasteiger partial charge < -0.3 is 15.3 Å². The van der Waals surface area contributed by atoms with E-state index in [4.69, 9.17) is 18.0 Å². The molecule has 1 amide bonds. The van der Waals surface area contributed by atoms with E-state index in [2.05, 4.69) is 4.98 Å². The van der Waals surface area contributed by atoms with Crippen LogP contribution >= 0.6 is 12.2 Å². The lowest BCUT2D eigenvalue weighted by molar-refractivity contribution is -0.118. The van der Waals surface area contributed by atoms with Crippen molar-refractivity contribution >= 4 is 18.1 Å². The van der Waals surface area contributed by atoms with Gasteiger partial charge in [0.05, 0.1) is 0 Å². The van der Waals surface area contributed by atoms with Crippen molar-refractivity contribution in [2.75, 3.05) is 0 Å². The summed E-state index contributed by atoms with van der Waals surface area (Å²) in [5.41, 5.74) is 6.11. The van der Waals surface area contributed by atoms with Gasteiger partial charge in [-0.05, 0) is 18.1 Å². The first-order valence-corrected chi connectivity index (χ1v) is 4.49. The summed E-state index contributed by atoms with van der Waals surface area (Å²) in [6, 6.07) is 0. The van der Waals surface area contributed by atoms with E-state index >= 15 is 0 Å². The van der Waals surface area contributed by atoms with E-state index in [9.17, 15) is 4.79 Å². The van der Waals surface area contributed by atoms with Crippen molar-refractivity contribution in [3.8, 4) is 0 Å². The number of amides is 1. The molecule has 0 aliphatic carbocycles. The molecule has 0 spiro atoms. The van der Waals surface area contributed by atoms with E-state index in [1.54, 1.807) is 4.57 Å². The van der Waals surface area contributed by atoms with Crippen LogP contribution < -0.4 is 5.73 Å². The van der Waals surface area contributed by atoms with Crippen molar-refractivity contribution in [3.05, 3.63) is 16.7 Å². The molecule has 1 rings (SSSR count). The molecule has 0 bridgehead atoms. The predicted octanol–water partition coefficient (Wildman–Crippen LogP) is 1.15. The Balaban J connectivity index is 3.09. The molecule has 4 nitrogen and oxygen atoms in total. The Morgan fingerprint density at radius 2 is 2.38 bits per heavy atom. The molecule has 0 aromatic carbocycles. The molecule has 0 saturated heterocycles. The molecular formula is C8H13N3OS. The summed E-state index contributed by atoms with van der Waals surface area (Å²) in [5.74, 6) is -0.0510. The fourth-order valence-electron chi connectivity index (χ4n) is 1.21. The van der Waals surface area contributed by atoms with Crippen LogP contribution in [0.4, 0.5) is 0 Å². The van der Waals surface area contributed by atoms with Gasteiger partial charge in [-0.2, -0.15) is 0 Å². The molecule has 72 valence electrons. The Morgan fingerprint density at radius 3 is 2.85 bits per heavy atom. The molecule has 5 heteroatoms. The van der Waals surface area contributed by atoms with Gasteiger partial charge in [0, 0.05) is 11.9 Å². The number of carbonyl (C=O) groups excluding carboxylic acids is 1. The maximum atomic E-state index is 10.7. The number of nitrogens with one attached hydrogen (secondary N) is 1. The topological polar surface area (TPSA) is 63.8 Å². The number of nitrogens with two attached hydrogens (primary N) is 1. The minimum absolute atomic E-state index is 0.149. The monoisotopic (exact) mass is 199 g/mol. The summed E-state index contributed by atoms with van der Waals surface area (Å²) in [7, 11) is 0. The number of primary amides is 1. The number of nitrogens with zero attached hydrogens (tertiary/aromatic N) is 1. The van der Waals surface area contributed by atoms with Gasteiger partial charge in [0.2, 0.25) is 5.91 Å². The molecule has 3 N–H and O–H groups in total. The van der Waals surface area contributed by atoms with Crippen LogP contribution in [-0.4, -0.2) is 15.5 Å². The molecule has 0 fully saturated rings. The largest absolute Gasteiger partial charge is 0.368 e. The molecule has 1 aromatic heterocycles. The number of aromatic nitrogens is 2. The number of hydrogen-bond acceptors (Lipinski definition) is 2. The zero-order valence-electron chi connectivity index (χ0n) is 7.70. The van der Waals surface area contributed by atoms with Crippen LogP contribution in [0.1, 0.15) is 25.5 Å². The van der Waals surface area contributed by atoms with Crippen LogP contribution in [0.25, 0.3) is 0 Å². The second kappa shape index (κ2) is 3.74. The summed E-state index contributed by atoms with van der Waals surface area (Å²) < 4.78 is 2.27. The Bertz CT molecular complexity index is 364. The molecule has 13 heavy (non-hydrogen) atoms. The summed E-state index contributed by atoms with van der Waals surface area (Å²) in [5, 5.41) is 0. The third-order valence-electron chi connectivity index (χ3n) is 1.81. The van der Waals surface area contributed by atoms with Crippen molar-refractivity contribution in [2.45, 2.75) is 26.3 Å². The van der Waals surface area contributed by atoms with Gasteiger partial charge in [0.25, 0.3) is 0 Å². The smallest absolute Gasteiger partial charge is 0.237 e. The number of carbonyl (C=O) groups is 1. The fraction of sp³-hybridized carbons (Fsp3) is 0.500. The van der Waals surface area contributed by atoms with Gasteiger partial charge >= 0.3 is 0 Å². The standard InChI is InChI=1S/C8H13N3OS/c1-5(2)6-3-10-8(13)11(6)4-7(9)12/h3,5H,4H2,1-2H3,(H2,9,12)(H,10,13). The van der Waals surface area contributed by atoms with Gasteiger partial charge in [0.15, 0.2) is 4.77 Å². The summed E-state index contributed by atoms with van der Waals surface area (Å²) in [6.07, 6.45) is 1.82. The highest BCUT2D eigenvalue weighted by Gasteiger charge is 2.08. The van der Waals surface area contributed by atoms with Crippen molar-refractivity contribution in [1.29, 1.82) is 0 Å². The number of hydrogen-bond donors (Lipinski definition) is 2. The lowest BCUT2D eigenvalue weighted by atomic mass is 10.1. The Hall–Kier alpha value is -1.10. The molecule has 0 unspecified atom stereocenters. The highest BCUT2D eigenvalue weighted by atomic mass is 32.1. The summed E-state index contributed by atoms with van der Waals surface area (Å²) in [6.45, 7) is 4.22. The van der Waals surface area contributed by atoms with E-state index in [-0.39, 0.29) is 12.5 Å². The van der Waals surface area contributed by atoms with Crippen LogP contribution in [0, 0.1) is 4.77 Å². The lowest BCUT2D eigenvalue weighted by Crippen LogP contribution is -2.20.